The molecule has 4 N–H and O–H groups in total. The topological polar surface area (TPSA) is 56.6 Å². The fourth-order valence-electron chi connectivity index (χ4n) is 4.69. The second-order valence-electron chi connectivity index (χ2n) is 10.4. The van der Waals surface area contributed by atoms with Crippen molar-refractivity contribution in [2.24, 2.45) is 11.8 Å². The van der Waals surface area contributed by atoms with Gasteiger partial charge in [-0.15, -0.1) is 6.58 Å². The fraction of sp³-hybridized carbons (Fsp3) is 0.438. The van der Waals surface area contributed by atoms with Crippen LogP contribution >= 0.6 is 0 Å². The van der Waals surface area contributed by atoms with Gasteiger partial charge in [0.25, 0.3) is 0 Å². The summed E-state index contributed by atoms with van der Waals surface area (Å²) in [5.74, 6) is 6.83. The number of hydrazine groups is 1. The zero-order valence-corrected chi connectivity index (χ0v) is 23.3. The largest absolute Gasteiger partial charge is 0.382 e. The Morgan fingerprint density at radius 3 is 2.30 bits per heavy atom. The summed E-state index contributed by atoms with van der Waals surface area (Å²) in [4.78, 5) is 2.27. The second kappa shape index (κ2) is 15.2. The van der Waals surface area contributed by atoms with Crippen LogP contribution in [0.15, 0.2) is 98.3 Å². The van der Waals surface area contributed by atoms with Crippen molar-refractivity contribution in [1.29, 1.82) is 0 Å². The summed E-state index contributed by atoms with van der Waals surface area (Å²) in [6.07, 6.45) is 10.2. The Balaban J connectivity index is 1.75. The maximum Gasteiger partial charge on any atom is 0.0860 e. The third-order valence-corrected chi connectivity index (χ3v) is 6.91. The molecule has 202 valence electrons. The number of hydrogen-bond donors (Lipinski definition) is 3. The van der Waals surface area contributed by atoms with Crippen LogP contribution in [0.4, 0.5) is 5.69 Å². The quantitative estimate of drug-likeness (QED) is 0.0854. The number of unbranched alkanes of at least 4 members (excludes halogenated alkanes) is 2. The van der Waals surface area contributed by atoms with Gasteiger partial charge in [-0.2, -0.15) is 0 Å². The van der Waals surface area contributed by atoms with Gasteiger partial charge in [0.2, 0.25) is 0 Å². The van der Waals surface area contributed by atoms with Gasteiger partial charge >= 0.3 is 0 Å². The van der Waals surface area contributed by atoms with E-state index in [9.17, 15) is 0 Å². The lowest BCUT2D eigenvalue weighted by Crippen LogP contribution is -2.47. The minimum Gasteiger partial charge on any atom is -0.382 e. The number of rotatable bonds is 18. The van der Waals surface area contributed by atoms with Gasteiger partial charge in [0, 0.05) is 40.7 Å². The monoisotopic (exact) mass is 503 g/mol. The van der Waals surface area contributed by atoms with Crippen LogP contribution in [0.5, 0.6) is 0 Å². The predicted octanol–water partition coefficient (Wildman–Crippen LogP) is 7.23. The summed E-state index contributed by atoms with van der Waals surface area (Å²) < 4.78 is 0. The number of nitrogens with zero attached hydrogens (tertiary/aromatic N) is 2. The lowest BCUT2D eigenvalue weighted by molar-refractivity contribution is 0.221. The molecule has 1 aliphatic heterocycles. The van der Waals surface area contributed by atoms with Crippen molar-refractivity contribution < 1.29 is 0 Å². The molecule has 0 spiro atoms. The minimum atomic E-state index is -0.0549. The van der Waals surface area contributed by atoms with E-state index in [-0.39, 0.29) is 12.0 Å². The van der Waals surface area contributed by atoms with Gasteiger partial charge in [-0.3, -0.25) is 0 Å². The van der Waals surface area contributed by atoms with E-state index in [1.165, 1.54) is 17.0 Å². The Kier molecular flexibility index (Phi) is 12.3. The van der Waals surface area contributed by atoms with Crippen molar-refractivity contribution in [2.45, 2.75) is 71.3 Å². The molecule has 2 rings (SSSR count). The lowest BCUT2D eigenvalue weighted by Gasteiger charge is -2.35. The molecule has 1 saturated heterocycles. The molecular formula is C32H49N5. The highest BCUT2D eigenvalue weighted by atomic mass is 15.4. The summed E-state index contributed by atoms with van der Waals surface area (Å²) in [6, 6.07) is 8.38. The van der Waals surface area contributed by atoms with Gasteiger partial charge < -0.3 is 20.5 Å². The number of benzene rings is 1. The number of aryl methyl sites for hydroxylation is 1. The average molecular weight is 504 g/mol. The Morgan fingerprint density at radius 2 is 1.70 bits per heavy atom. The van der Waals surface area contributed by atoms with Crippen LogP contribution in [-0.4, -0.2) is 29.0 Å². The van der Waals surface area contributed by atoms with Crippen molar-refractivity contribution in [3.63, 3.8) is 0 Å². The first-order valence-electron chi connectivity index (χ1n) is 13.6. The third-order valence-electron chi connectivity index (χ3n) is 6.91. The molecule has 1 heterocycles. The molecule has 1 aromatic carbocycles. The number of hydrogen-bond acceptors (Lipinski definition) is 5. The van der Waals surface area contributed by atoms with Gasteiger partial charge in [0.05, 0.1) is 12.6 Å². The first-order chi connectivity index (χ1) is 17.6. The first kappa shape index (κ1) is 30.0. The third kappa shape index (κ3) is 9.66. The molecule has 5 heteroatoms. The van der Waals surface area contributed by atoms with Crippen molar-refractivity contribution in [2.75, 3.05) is 18.4 Å². The summed E-state index contributed by atoms with van der Waals surface area (Å²) in [7, 11) is 0. The van der Waals surface area contributed by atoms with E-state index in [0.717, 1.165) is 80.7 Å². The van der Waals surface area contributed by atoms with Crippen molar-refractivity contribution >= 4 is 5.69 Å². The molecule has 0 bridgehead atoms. The average Bonchev–Trinajstić information content (AvgIpc) is 3.18. The van der Waals surface area contributed by atoms with E-state index in [1.807, 2.05) is 6.08 Å². The summed E-state index contributed by atoms with van der Waals surface area (Å²) in [6.45, 7) is 30.7. The van der Waals surface area contributed by atoms with E-state index in [0.29, 0.717) is 6.54 Å². The maximum atomic E-state index is 6.55. The van der Waals surface area contributed by atoms with Crippen LogP contribution in [0.25, 0.3) is 0 Å². The minimum absolute atomic E-state index is 0.0549. The molecule has 37 heavy (non-hydrogen) atoms. The lowest BCUT2D eigenvalue weighted by atomic mass is 9.99. The van der Waals surface area contributed by atoms with Gasteiger partial charge in [-0.05, 0) is 68.6 Å². The van der Waals surface area contributed by atoms with Gasteiger partial charge in [-0.1, -0.05) is 71.4 Å². The van der Waals surface area contributed by atoms with Crippen molar-refractivity contribution in [3.05, 3.63) is 104 Å². The number of likely N-dealkylation sites (tertiary alicyclic amines) is 1. The second-order valence-corrected chi connectivity index (χ2v) is 10.4. The van der Waals surface area contributed by atoms with Crippen LogP contribution in [0.3, 0.4) is 0 Å². The van der Waals surface area contributed by atoms with Gasteiger partial charge in [-0.25, -0.2) is 5.84 Å². The smallest absolute Gasteiger partial charge is 0.0860 e. The number of allylic oxidation sites excluding steroid dienone is 4. The molecule has 0 aromatic heterocycles. The van der Waals surface area contributed by atoms with Crippen molar-refractivity contribution in [3.8, 4) is 0 Å². The van der Waals surface area contributed by atoms with Crippen molar-refractivity contribution in [1.82, 2.24) is 15.2 Å². The van der Waals surface area contributed by atoms with Crippen LogP contribution < -0.4 is 16.5 Å². The summed E-state index contributed by atoms with van der Waals surface area (Å²) >= 11 is 0. The number of nitrogens with one attached hydrogen (secondary N) is 2. The number of anilines is 1. The van der Waals surface area contributed by atoms with E-state index in [2.05, 4.69) is 93.1 Å². The normalized spacial score (nSPS) is 14.0. The van der Waals surface area contributed by atoms with Gasteiger partial charge in [0.1, 0.15) is 0 Å². The Bertz CT molecular complexity index is 940. The van der Waals surface area contributed by atoms with E-state index in [1.54, 1.807) is 5.01 Å². The van der Waals surface area contributed by atoms with E-state index < -0.39 is 0 Å². The molecule has 0 radical (unpaired) electrons. The Morgan fingerprint density at radius 1 is 1.05 bits per heavy atom. The fourth-order valence-corrected chi connectivity index (χ4v) is 4.69. The zero-order chi connectivity index (χ0) is 27.4. The predicted molar refractivity (Wildman–Crippen MR) is 161 cm³/mol. The molecule has 1 aromatic rings. The van der Waals surface area contributed by atoms with Gasteiger partial charge in [0.15, 0.2) is 0 Å². The molecule has 1 unspecified atom stereocenters. The van der Waals surface area contributed by atoms with Crippen LogP contribution in [0.2, 0.25) is 0 Å². The molecule has 5 nitrogen and oxygen atoms in total. The summed E-state index contributed by atoms with van der Waals surface area (Å²) in [5.41, 5.74) is 7.39. The molecule has 0 aliphatic carbocycles. The van der Waals surface area contributed by atoms with Crippen LogP contribution in [0, 0.1) is 5.92 Å². The first-order valence-corrected chi connectivity index (χ1v) is 13.6. The Labute approximate surface area is 226 Å². The highest BCUT2D eigenvalue weighted by molar-refractivity contribution is 5.49. The molecule has 0 saturated carbocycles. The maximum absolute atomic E-state index is 6.55. The standard InChI is InChI=1S/C32H49N5/c1-9-10-15-30-18-20-31(21-19-30)35-25(4)23-34-29(8)32(24(2)3)37(33)28(7)14-12-11-13-22-36-26(5)16-17-27(36)6/h9,18-21,24,32,34-35H,1,4-8,10-17,22-23,33H2,2-3H3. The van der Waals surface area contributed by atoms with E-state index >= 15 is 0 Å². The number of nitrogens with two attached hydrogens (primary N) is 1. The van der Waals surface area contributed by atoms with Crippen LogP contribution in [-0.2, 0) is 6.42 Å². The van der Waals surface area contributed by atoms with Crippen LogP contribution in [0.1, 0.15) is 64.4 Å². The summed E-state index contributed by atoms with van der Waals surface area (Å²) in [5, 5.41) is 8.59. The molecule has 1 aliphatic rings. The molecule has 1 atom stereocenters. The molecular weight excluding hydrogens is 454 g/mol. The zero-order valence-electron chi connectivity index (χ0n) is 23.3. The molecule has 1 fully saturated rings. The highest BCUT2D eigenvalue weighted by Crippen LogP contribution is 2.28. The molecule has 0 amide bonds. The Hall–Kier alpha value is -3.18. The highest BCUT2D eigenvalue weighted by Gasteiger charge is 2.24. The SMILES string of the molecule is C=CCCc1ccc(NC(=C)CNC(=C)C(C(C)C)N(N)C(=C)CCCCCN2C(=C)CCC2=C)cc1. The van der Waals surface area contributed by atoms with E-state index in [4.69, 9.17) is 5.84 Å².